The summed E-state index contributed by atoms with van der Waals surface area (Å²) in [6.45, 7) is 1.57. The van der Waals surface area contributed by atoms with E-state index in [2.05, 4.69) is 16.0 Å². The van der Waals surface area contributed by atoms with Crippen LogP contribution < -0.4 is 16.0 Å². The highest BCUT2D eigenvalue weighted by Crippen LogP contribution is 2.31. The van der Waals surface area contributed by atoms with Crippen LogP contribution in [0, 0.1) is 6.92 Å². The molecule has 0 aliphatic carbocycles. The average molecular weight is 590 g/mol. The number of hydrogen-bond donors (Lipinski definition) is 5. The molecule has 0 saturated carbocycles. The first kappa shape index (κ1) is 29.7. The lowest BCUT2D eigenvalue weighted by Gasteiger charge is -2.18. The second-order valence-electron chi connectivity index (χ2n) is 8.33. The van der Waals surface area contributed by atoms with Crippen LogP contribution in [0.15, 0.2) is 53.9 Å². The number of thiophene rings is 1. The molecule has 0 aliphatic heterocycles. The van der Waals surface area contributed by atoms with Crippen LogP contribution in [0.2, 0.25) is 10.0 Å². The third kappa shape index (κ3) is 8.06. The summed E-state index contributed by atoms with van der Waals surface area (Å²) in [5, 5.41) is 28.7. The number of aromatic hydroxyl groups is 1. The molecule has 204 valence electrons. The largest absolute Gasteiger partial charge is 0.507 e. The van der Waals surface area contributed by atoms with Gasteiger partial charge in [0.2, 0.25) is 5.91 Å². The van der Waals surface area contributed by atoms with Crippen molar-refractivity contribution in [2.24, 2.45) is 0 Å². The second kappa shape index (κ2) is 13.8. The van der Waals surface area contributed by atoms with E-state index in [0.717, 1.165) is 0 Å². The lowest BCUT2D eigenvalue weighted by Crippen LogP contribution is -2.48. The molecular formula is C27H25Cl2N3O6S. The Morgan fingerprint density at radius 1 is 1.05 bits per heavy atom. The summed E-state index contributed by atoms with van der Waals surface area (Å²) < 4.78 is 0. The first-order valence-corrected chi connectivity index (χ1v) is 13.3. The molecular weight excluding hydrogens is 565 g/mol. The molecule has 0 aliphatic rings. The van der Waals surface area contributed by atoms with Gasteiger partial charge in [-0.1, -0.05) is 47.5 Å². The van der Waals surface area contributed by atoms with Crippen molar-refractivity contribution in [1.82, 2.24) is 16.0 Å². The number of carboxylic acid groups (broad SMARTS) is 1. The Labute approximate surface area is 238 Å². The summed E-state index contributed by atoms with van der Waals surface area (Å²) in [4.78, 5) is 49.5. The number of carboxylic acids is 1. The number of rotatable bonds is 11. The van der Waals surface area contributed by atoms with Gasteiger partial charge < -0.3 is 26.2 Å². The molecule has 0 spiro atoms. The van der Waals surface area contributed by atoms with Crippen LogP contribution in [0.25, 0.3) is 6.08 Å². The maximum Gasteiger partial charge on any atom is 0.328 e. The maximum absolute atomic E-state index is 13.0. The van der Waals surface area contributed by atoms with Gasteiger partial charge in [0.05, 0.1) is 20.5 Å². The zero-order chi connectivity index (χ0) is 28.5. The van der Waals surface area contributed by atoms with Gasteiger partial charge in [-0.2, -0.15) is 0 Å². The number of phenolic OH excluding ortho intramolecular Hbond substituents is 1. The fourth-order valence-electron chi connectivity index (χ4n) is 3.58. The summed E-state index contributed by atoms with van der Waals surface area (Å²) >= 11 is 14.0. The molecule has 0 bridgehead atoms. The van der Waals surface area contributed by atoms with Crippen LogP contribution in [0.4, 0.5) is 0 Å². The molecule has 0 unspecified atom stereocenters. The molecule has 3 amide bonds. The summed E-state index contributed by atoms with van der Waals surface area (Å²) in [6, 6.07) is 9.95. The van der Waals surface area contributed by atoms with Gasteiger partial charge in [0.1, 0.15) is 11.8 Å². The van der Waals surface area contributed by atoms with Crippen molar-refractivity contribution in [3.8, 4) is 5.75 Å². The monoisotopic (exact) mass is 589 g/mol. The van der Waals surface area contributed by atoms with Gasteiger partial charge in [0, 0.05) is 24.7 Å². The summed E-state index contributed by atoms with van der Waals surface area (Å²) in [7, 11) is 0. The molecule has 3 rings (SSSR count). The Kier molecular flexibility index (Phi) is 10.5. The number of carbonyl (C=O) groups is 4. The number of nitrogens with one attached hydrogen (secondary N) is 3. The zero-order valence-electron chi connectivity index (χ0n) is 20.7. The minimum Gasteiger partial charge on any atom is -0.507 e. The van der Waals surface area contributed by atoms with Gasteiger partial charge in [0.25, 0.3) is 11.8 Å². The molecule has 12 heteroatoms. The zero-order valence-corrected chi connectivity index (χ0v) is 23.0. The van der Waals surface area contributed by atoms with Crippen molar-refractivity contribution in [1.29, 1.82) is 0 Å². The SMILES string of the molecule is Cc1cc(Cl)c(C(=O)N[C@@H](CNC(=O)c2cccs2)C(=O)O)c(Cl)c1CCNC(=O)/C=C/c1ccccc1O. The number of carbonyl (C=O) groups excluding carboxylic acids is 3. The summed E-state index contributed by atoms with van der Waals surface area (Å²) in [6.07, 6.45) is 3.03. The number of para-hydroxylation sites is 1. The summed E-state index contributed by atoms with van der Waals surface area (Å²) in [5.41, 5.74) is 1.61. The van der Waals surface area contributed by atoms with E-state index in [1.807, 2.05) is 0 Å². The first-order valence-electron chi connectivity index (χ1n) is 11.6. The Balaban J connectivity index is 1.65. The molecule has 2 aromatic carbocycles. The van der Waals surface area contributed by atoms with Crippen molar-refractivity contribution in [3.05, 3.63) is 91.1 Å². The fraction of sp³-hybridized carbons (Fsp3) is 0.185. The smallest absolute Gasteiger partial charge is 0.328 e. The molecule has 0 radical (unpaired) electrons. The molecule has 0 fully saturated rings. The third-order valence-corrected chi connectivity index (χ3v) is 7.19. The lowest BCUT2D eigenvalue weighted by molar-refractivity contribution is -0.139. The van der Waals surface area contributed by atoms with Crippen molar-refractivity contribution in [3.63, 3.8) is 0 Å². The van der Waals surface area contributed by atoms with Gasteiger partial charge >= 0.3 is 5.97 Å². The predicted molar refractivity (Wildman–Crippen MR) is 151 cm³/mol. The first-order chi connectivity index (χ1) is 18.6. The molecule has 1 atom stereocenters. The third-order valence-electron chi connectivity index (χ3n) is 5.61. The minimum atomic E-state index is -1.44. The predicted octanol–water partition coefficient (Wildman–Crippen LogP) is 4.05. The quantitative estimate of drug-likeness (QED) is 0.213. The molecule has 0 saturated heterocycles. The molecule has 1 aromatic heterocycles. The van der Waals surface area contributed by atoms with Gasteiger partial charge in [-0.3, -0.25) is 14.4 Å². The van der Waals surface area contributed by atoms with Gasteiger partial charge in [-0.15, -0.1) is 11.3 Å². The Morgan fingerprint density at radius 3 is 2.46 bits per heavy atom. The van der Waals surface area contributed by atoms with E-state index in [9.17, 15) is 29.4 Å². The van der Waals surface area contributed by atoms with Crippen molar-refractivity contribution in [2.45, 2.75) is 19.4 Å². The number of aryl methyl sites for hydroxylation is 1. The number of amides is 3. The second-order valence-corrected chi connectivity index (χ2v) is 10.1. The van der Waals surface area contributed by atoms with Gasteiger partial charge in [-0.05, 0) is 54.1 Å². The number of phenols is 1. The van der Waals surface area contributed by atoms with Gasteiger partial charge in [-0.25, -0.2) is 4.79 Å². The highest BCUT2D eigenvalue weighted by Gasteiger charge is 2.26. The fourth-order valence-corrected chi connectivity index (χ4v) is 5.04. The van der Waals surface area contributed by atoms with Gasteiger partial charge in [0.15, 0.2) is 0 Å². The van der Waals surface area contributed by atoms with Crippen LogP contribution in [-0.4, -0.2) is 53.0 Å². The van der Waals surface area contributed by atoms with E-state index in [1.54, 1.807) is 42.6 Å². The van der Waals surface area contributed by atoms with E-state index in [-0.39, 0.29) is 40.9 Å². The molecule has 39 heavy (non-hydrogen) atoms. The van der Waals surface area contributed by atoms with Crippen molar-refractivity contribution < 1.29 is 29.4 Å². The highest BCUT2D eigenvalue weighted by molar-refractivity contribution is 7.12. The average Bonchev–Trinajstić information content (AvgIpc) is 3.42. The van der Waals surface area contributed by atoms with E-state index < -0.39 is 29.7 Å². The Hall–Kier alpha value is -3.86. The van der Waals surface area contributed by atoms with Crippen LogP contribution in [-0.2, 0) is 16.0 Å². The number of aliphatic carboxylic acids is 1. The van der Waals surface area contributed by atoms with Crippen LogP contribution in [0.1, 0.15) is 36.7 Å². The lowest BCUT2D eigenvalue weighted by atomic mass is 10.0. The van der Waals surface area contributed by atoms with Crippen LogP contribution in [0.5, 0.6) is 5.75 Å². The van der Waals surface area contributed by atoms with Crippen LogP contribution >= 0.6 is 34.5 Å². The Morgan fingerprint density at radius 2 is 1.79 bits per heavy atom. The molecule has 1 heterocycles. The van der Waals surface area contributed by atoms with E-state index in [4.69, 9.17) is 23.2 Å². The molecule has 5 N–H and O–H groups in total. The topological polar surface area (TPSA) is 145 Å². The van der Waals surface area contributed by atoms with Crippen LogP contribution in [0.3, 0.4) is 0 Å². The molecule has 9 nitrogen and oxygen atoms in total. The maximum atomic E-state index is 13.0. The Bertz CT molecular complexity index is 1410. The number of halogens is 2. The molecule has 3 aromatic rings. The highest BCUT2D eigenvalue weighted by atomic mass is 35.5. The van der Waals surface area contributed by atoms with Crippen molar-refractivity contribution >= 4 is 64.3 Å². The summed E-state index contributed by atoms with van der Waals surface area (Å²) in [5.74, 6) is -2.98. The van der Waals surface area contributed by atoms with E-state index >= 15 is 0 Å². The minimum absolute atomic E-state index is 0.0279. The van der Waals surface area contributed by atoms with E-state index in [0.29, 0.717) is 21.6 Å². The number of hydrogen-bond acceptors (Lipinski definition) is 6. The number of benzene rings is 2. The van der Waals surface area contributed by atoms with E-state index in [1.165, 1.54) is 35.6 Å². The standard InChI is InChI=1S/C27H25Cl2N3O6S/c1-15-13-18(28)23(26(36)32-19(27(37)38)14-31-25(35)21-7-4-12-39-21)24(29)17(15)10-11-30-22(34)9-8-16-5-2-3-6-20(16)33/h2-9,12-13,19,33H,10-11,14H2,1H3,(H,30,34)(H,31,35)(H,32,36)(H,37,38)/b9-8+/t19-/m0/s1. The van der Waals surface area contributed by atoms with Crippen molar-refractivity contribution in [2.75, 3.05) is 13.1 Å². The normalized spacial score (nSPS) is 11.7.